The maximum Gasteiger partial charge on any atom is 0.222 e. The average molecular weight is 127 g/mol. The van der Waals surface area contributed by atoms with E-state index in [9.17, 15) is 4.79 Å². The Kier molecular flexibility index (Phi) is 0.858. The van der Waals surface area contributed by atoms with Crippen LogP contribution in [0.5, 0.6) is 0 Å². The molecule has 2 rings (SSSR count). The van der Waals surface area contributed by atoms with Crippen molar-refractivity contribution in [3.05, 3.63) is 0 Å². The number of carbonyl (C=O) groups excluding carboxylic acids is 1. The summed E-state index contributed by atoms with van der Waals surface area (Å²) in [6.45, 7) is 1.53. The van der Waals surface area contributed by atoms with Crippen LogP contribution in [0, 0.1) is 0 Å². The zero-order valence-corrected chi connectivity index (χ0v) is 5.14. The van der Waals surface area contributed by atoms with Gasteiger partial charge in [-0.25, -0.2) is 0 Å². The lowest BCUT2D eigenvalue weighted by Gasteiger charge is -2.37. The molecule has 0 radical (unpaired) electrons. The molecule has 3 nitrogen and oxygen atoms in total. The smallest absolute Gasteiger partial charge is 0.222 e. The van der Waals surface area contributed by atoms with Crippen LogP contribution in [0.2, 0.25) is 0 Å². The summed E-state index contributed by atoms with van der Waals surface area (Å²) < 4.78 is 5.14. The summed E-state index contributed by atoms with van der Waals surface area (Å²) >= 11 is 0. The van der Waals surface area contributed by atoms with Gasteiger partial charge >= 0.3 is 0 Å². The van der Waals surface area contributed by atoms with Crippen molar-refractivity contribution in [2.24, 2.45) is 0 Å². The number of β-lactam (4-membered cyclic amide) rings is 1. The first kappa shape index (κ1) is 5.23. The molecule has 3 heteroatoms. The fourth-order valence-corrected chi connectivity index (χ4v) is 1.43. The maximum absolute atomic E-state index is 10.5. The van der Waals surface area contributed by atoms with E-state index in [0.29, 0.717) is 6.42 Å². The molecule has 2 heterocycles. The minimum absolute atomic E-state index is 0.0666. The van der Waals surface area contributed by atoms with Crippen LogP contribution in [0.1, 0.15) is 12.8 Å². The highest BCUT2D eigenvalue weighted by Gasteiger charge is 2.45. The maximum atomic E-state index is 10.5. The van der Waals surface area contributed by atoms with E-state index >= 15 is 0 Å². The topological polar surface area (TPSA) is 38.3 Å². The number of carbonyl (C=O) groups is 1. The van der Waals surface area contributed by atoms with Crippen molar-refractivity contribution in [3.63, 3.8) is 0 Å². The van der Waals surface area contributed by atoms with Crippen LogP contribution in [0.15, 0.2) is 0 Å². The minimum Gasteiger partial charge on any atom is -0.379 e. The third-order valence-corrected chi connectivity index (χ3v) is 2.01. The van der Waals surface area contributed by atoms with E-state index in [1.807, 2.05) is 0 Å². The molecule has 1 amide bonds. The summed E-state index contributed by atoms with van der Waals surface area (Å²) in [6.07, 6.45) is 1.67. The molecule has 0 aromatic heterocycles. The van der Waals surface area contributed by atoms with Crippen molar-refractivity contribution in [1.29, 1.82) is 0 Å². The van der Waals surface area contributed by atoms with Crippen molar-refractivity contribution in [2.45, 2.75) is 18.4 Å². The average Bonchev–Trinajstić information content (AvgIpc) is 2.12. The molecule has 9 heavy (non-hydrogen) atoms. The molecule has 1 atom stereocenters. The van der Waals surface area contributed by atoms with Crippen LogP contribution < -0.4 is 5.32 Å². The van der Waals surface area contributed by atoms with Gasteiger partial charge in [-0.3, -0.25) is 4.79 Å². The van der Waals surface area contributed by atoms with Gasteiger partial charge in [0.25, 0.3) is 0 Å². The second-order valence-electron chi connectivity index (χ2n) is 2.81. The predicted octanol–water partition coefficient (Wildman–Crippen LogP) is -0.335. The van der Waals surface area contributed by atoms with E-state index in [1.54, 1.807) is 0 Å². The first-order valence-electron chi connectivity index (χ1n) is 3.20. The highest BCUT2D eigenvalue weighted by atomic mass is 16.5. The minimum atomic E-state index is 0.0666. The molecule has 0 aliphatic carbocycles. The van der Waals surface area contributed by atoms with Gasteiger partial charge in [0.1, 0.15) is 0 Å². The number of ether oxygens (including phenoxy) is 1. The van der Waals surface area contributed by atoms with Crippen molar-refractivity contribution in [2.75, 3.05) is 13.2 Å². The molecule has 2 aliphatic rings. The van der Waals surface area contributed by atoms with Crippen LogP contribution in [-0.4, -0.2) is 24.7 Å². The number of hydrogen-bond donors (Lipinski definition) is 1. The third kappa shape index (κ3) is 0.645. The van der Waals surface area contributed by atoms with Crippen LogP contribution in [0.4, 0.5) is 0 Å². The predicted molar refractivity (Wildman–Crippen MR) is 30.9 cm³/mol. The monoisotopic (exact) mass is 127 g/mol. The number of nitrogens with one attached hydrogen (secondary N) is 1. The summed E-state index contributed by atoms with van der Waals surface area (Å²) in [6, 6.07) is 0. The number of rotatable bonds is 0. The van der Waals surface area contributed by atoms with Crippen LogP contribution >= 0.6 is 0 Å². The molecule has 0 saturated carbocycles. The molecule has 2 saturated heterocycles. The molecule has 2 aliphatic heterocycles. The Morgan fingerprint density at radius 3 is 2.89 bits per heavy atom. The summed E-state index contributed by atoms with van der Waals surface area (Å²) in [7, 11) is 0. The second kappa shape index (κ2) is 1.48. The molecule has 0 aromatic carbocycles. The van der Waals surface area contributed by atoms with E-state index < -0.39 is 0 Å². The first-order chi connectivity index (χ1) is 4.31. The van der Waals surface area contributed by atoms with Gasteiger partial charge in [0.15, 0.2) is 0 Å². The highest BCUT2D eigenvalue weighted by Crippen LogP contribution is 2.28. The third-order valence-electron chi connectivity index (χ3n) is 2.01. The second-order valence-corrected chi connectivity index (χ2v) is 2.81. The van der Waals surface area contributed by atoms with E-state index in [0.717, 1.165) is 19.6 Å². The van der Waals surface area contributed by atoms with Crippen molar-refractivity contribution >= 4 is 5.91 Å². The van der Waals surface area contributed by atoms with Crippen LogP contribution in [0.25, 0.3) is 0 Å². The van der Waals surface area contributed by atoms with Crippen LogP contribution in [-0.2, 0) is 9.53 Å². The van der Waals surface area contributed by atoms with E-state index in [2.05, 4.69) is 5.32 Å². The molecule has 2 fully saturated rings. The Hall–Kier alpha value is -0.570. The lowest BCUT2D eigenvalue weighted by atomic mass is 9.87. The van der Waals surface area contributed by atoms with Gasteiger partial charge in [-0.1, -0.05) is 0 Å². The number of amides is 1. The van der Waals surface area contributed by atoms with Gasteiger partial charge < -0.3 is 10.1 Å². The number of hydrogen-bond acceptors (Lipinski definition) is 2. The SMILES string of the molecule is O=C1CC2(CCOC2)N1. The largest absolute Gasteiger partial charge is 0.379 e. The van der Waals surface area contributed by atoms with Crippen molar-refractivity contribution < 1.29 is 9.53 Å². The summed E-state index contributed by atoms with van der Waals surface area (Å²) in [5.41, 5.74) is 0.0666. The molecular weight excluding hydrogens is 118 g/mol. The van der Waals surface area contributed by atoms with Crippen molar-refractivity contribution in [3.8, 4) is 0 Å². The van der Waals surface area contributed by atoms with E-state index in [4.69, 9.17) is 4.74 Å². The Balaban J connectivity index is 2.03. The zero-order valence-electron chi connectivity index (χ0n) is 5.14. The van der Waals surface area contributed by atoms with Gasteiger partial charge in [0, 0.05) is 6.61 Å². The van der Waals surface area contributed by atoms with Crippen molar-refractivity contribution in [1.82, 2.24) is 5.32 Å². The van der Waals surface area contributed by atoms with Gasteiger partial charge in [0.2, 0.25) is 5.91 Å². The Labute approximate surface area is 53.4 Å². The fourth-order valence-electron chi connectivity index (χ4n) is 1.43. The molecule has 50 valence electrons. The Bertz CT molecular complexity index is 139. The van der Waals surface area contributed by atoms with Gasteiger partial charge in [-0.05, 0) is 6.42 Å². The molecule has 0 aromatic rings. The Morgan fingerprint density at radius 2 is 2.44 bits per heavy atom. The summed E-state index contributed by atoms with van der Waals surface area (Å²) in [5.74, 6) is 0.167. The standard InChI is InChI=1S/C6H9NO2/c8-5-3-6(7-5)1-2-9-4-6/h1-4H2,(H,7,8). The lowest BCUT2D eigenvalue weighted by Crippen LogP contribution is -2.61. The molecule has 1 N–H and O–H groups in total. The highest BCUT2D eigenvalue weighted by molar-refractivity contribution is 5.84. The molecule has 0 bridgehead atoms. The van der Waals surface area contributed by atoms with Gasteiger partial charge in [-0.2, -0.15) is 0 Å². The van der Waals surface area contributed by atoms with E-state index in [1.165, 1.54) is 0 Å². The first-order valence-corrected chi connectivity index (χ1v) is 3.20. The summed E-state index contributed by atoms with van der Waals surface area (Å²) in [4.78, 5) is 10.5. The van der Waals surface area contributed by atoms with Crippen LogP contribution in [0.3, 0.4) is 0 Å². The van der Waals surface area contributed by atoms with E-state index in [-0.39, 0.29) is 11.4 Å². The zero-order chi connectivity index (χ0) is 6.32. The lowest BCUT2D eigenvalue weighted by molar-refractivity contribution is -0.132. The van der Waals surface area contributed by atoms with Gasteiger partial charge in [-0.15, -0.1) is 0 Å². The fraction of sp³-hybridized carbons (Fsp3) is 0.833. The normalized spacial score (nSPS) is 40.7. The Morgan fingerprint density at radius 1 is 1.67 bits per heavy atom. The quantitative estimate of drug-likeness (QED) is 0.452. The summed E-state index contributed by atoms with van der Waals surface area (Å²) in [5, 5.41) is 2.85. The molecule has 1 spiro atoms. The molecule has 1 unspecified atom stereocenters. The van der Waals surface area contributed by atoms with Gasteiger partial charge in [0.05, 0.1) is 18.6 Å². The molecular formula is C6H9NO2.